The minimum atomic E-state index is 0.510. The Morgan fingerprint density at radius 3 is 1.46 bits per heavy atom. The van der Waals surface area contributed by atoms with Gasteiger partial charge in [-0.3, -0.25) is 0 Å². The second-order valence-corrected chi connectivity index (χ2v) is 9.24. The van der Waals surface area contributed by atoms with E-state index in [1.54, 1.807) is 0 Å². The van der Waals surface area contributed by atoms with Gasteiger partial charge in [0, 0.05) is 19.2 Å². The third-order valence-electron chi connectivity index (χ3n) is 6.15. The van der Waals surface area contributed by atoms with Gasteiger partial charge in [-0.05, 0) is 40.2 Å². The van der Waals surface area contributed by atoms with Crippen molar-refractivity contribution in [2.45, 2.75) is 149 Å². The molecule has 0 heterocycles. The van der Waals surface area contributed by atoms with Gasteiger partial charge in [0.15, 0.2) is 0 Å². The fourth-order valence-corrected chi connectivity index (χ4v) is 3.79. The van der Waals surface area contributed by atoms with Crippen LogP contribution in [0.4, 0.5) is 0 Å². The van der Waals surface area contributed by atoms with Crippen LogP contribution in [-0.2, 0) is 4.74 Å². The standard InChI is InChI=1S/C26H55NO/c1-6-8-10-12-14-16-18-21-26(22-19-17-15-13-11-9-7-2)28-24-20-23-27(5)25(3)4/h25-26H,6-24H2,1-5H3. The van der Waals surface area contributed by atoms with Crippen molar-refractivity contribution in [2.75, 3.05) is 20.2 Å². The van der Waals surface area contributed by atoms with Crippen LogP contribution >= 0.6 is 0 Å². The molecule has 2 nitrogen and oxygen atoms in total. The number of nitrogens with zero attached hydrogens (tertiary/aromatic N) is 1. The average Bonchev–Trinajstić information content (AvgIpc) is 2.68. The van der Waals surface area contributed by atoms with Gasteiger partial charge < -0.3 is 9.64 Å². The molecule has 28 heavy (non-hydrogen) atoms. The maximum atomic E-state index is 6.34. The van der Waals surface area contributed by atoms with Crippen molar-refractivity contribution >= 4 is 0 Å². The maximum absolute atomic E-state index is 6.34. The zero-order valence-electron chi connectivity index (χ0n) is 20.4. The summed E-state index contributed by atoms with van der Waals surface area (Å²) in [7, 11) is 2.22. The third-order valence-corrected chi connectivity index (χ3v) is 6.15. The highest BCUT2D eigenvalue weighted by Crippen LogP contribution is 2.17. The van der Waals surface area contributed by atoms with E-state index in [0.717, 1.165) is 13.2 Å². The minimum Gasteiger partial charge on any atom is -0.378 e. The first-order chi connectivity index (χ1) is 13.6. The predicted molar refractivity (Wildman–Crippen MR) is 127 cm³/mol. The highest BCUT2D eigenvalue weighted by atomic mass is 16.5. The van der Waals surface area contributed by atoms with E-state index in [-0.39, 0.29) is 0 Å². The zero-order valence-corrected chi connectivity index (χ0v) is 20.4. The number of unbranched alkanes of at least 4 members (excludes halogenated alkanes) is 12. The van der Waals surface area contributed by atoms with Crippen molar-refractivity contribution in [3.05, 3.63) is 0 Å². The first-order valence-electron chi connectivity index (χ1n) is 12.9. The van der Waals surface area contributed by atoms with Crippen molar-refractivity contribution < 1.29 is 4.74 Å². The van der Waals surface area contributed by atoms with Gasteiger partial charge in [-0.1, -0.05) is 104 Å². The second-order valence-electron chi connectivity index (χ2n) is 9.24. The largest absolute Gasteiger partial charge is 0.378 e. The van der Waals surface area contributed by atoms with E-state index in [1.807, 2.05) is 0 Å². The maximum Gasteiger partial charge on any atom is 0.0575 e. The fourth-order valence-electron chi connectivity index (χ4n) is 3.79. The molecule has 0 rings (SSSR count). The number of hydrogen-bond acceptors (Lipinski definition) is 2. The van der Waals surface area contributed by atoms with Crippen molar-refractivity contribution in [2.24, 2.45) is 0 Å². The van der Waals surface area contributed by atoms with Gasteiger partial charge in [-0.15, -0.1) is 0 Å². The van der Waals surface area contributed by atoms with Gasteiger partial charge in [-0.2, -0.15) is 0 Å². The Bertz CT molecular complexity index is 274. The van der Waals surface area contributed by atoms with Gasteiger partial charge in [0.2, 0.25) is 0 Å². The van der Waals surface area contributed by atoms with Crippen LogP contribution in [0.25, 0.3) is 0 Å². The van der Waals surface area contributed by atoms with E-state index in [9.17, 15) is 0 Å². The number of ether oxygens (including phenoxy) is 1. The summed E-state index contributed by atoms with van der Waals surface area (Å²) >= 11 is 0. The molecule has 0 radical (unpaired) electrons. The summed E-state index contributed by atoms with van der Waals surface area (Å²) in [6.45, 7) is 11.2. The van der Waals surface area contributed by atoms with Crippen molar-refractivity contribution in [3.8, 4) is 0 Å². The van der Waals surface area contributed by atoms with Gasteiger partial charge in [0.05, 0.1) is 6.10 Å². The molecule has 2 heteroatoms. The summed E-state index contributed by atoms with van der Waals surface area (Å²) in [6.07, 6.45) is 23.8. The molecule has 0 spiro atoms. The molecule has 0 aliphatic carbocycles. The van der Waals surface area contributed by atoms with Crippen LogP contribution in [0.1, 0.15) is 137 Å². The Balaban J connectivity index is 3.92. The first-order valence-corrected chi connectivity index (χ1v) is 12.9. The van der Waals surface area contributed by atoms with Gasteiger partial charge >= 0.3 is 0 Å². The van der Waals surface area contributed by atoms with Crippen LogP contribution in [0.5, 0.6) is 0 Å². The molecule has 0 bridgehead atoms. The van der Waals surface area contributed by atoms with Crippen molar-refractivity contribution in [1.82, 2.24) is 4.90 Å². The summed E-state index contributed by atoms with van der Waals surface area (Å²) in [4.78, 5) is 2.42. The van der Waals surface area contributed by atoms with E-state index < -0.39 is 0 Å². The van der Waals surface area contributed by atoms with E-state index in [4.69, 9.17) is 4.74 Å². The minimum absolute atomic E-state index is 0.510. The van der Waals surface area contributed by atoms with Gasteiger partial charge in [-0.25, -0.2) is 0 Å². The molecule has 0 aromatic rings. The molecule has 0 aliphatic heterocycles. The molecular weight excluding hydrogens is 342 g/mol. The smallest absolute Gasteiger partial charge is 0.0575 e. The fraction of sp³-hybridized carbons (Fsp3) is 1.00. The van der Waals surface area contributed by atoms with Crippen LogP contribution in [0.15, 0.2) is 0 Å². The topological polar surface area (TPSA) is 12.5 Å². The van der Waals surface area contributed by atoms with E-state index >= 15 is 0 Å². The Morgan fingerprint density at radius 2 is 1.04 bits per heavy atom. The number of hydrogen-bond donors (Lipinski definition) is 0. The summed E-state index contributed by atoms with van der Waals surface area (Å²) in [6, 6.07) is 0.635. The lowest BCUT2D eigenvalue weighted by atomic mass is 10.0. The lowest BCUT2D eigenvalue weighted by Gasteiger charge is -2.22. The molecule has 170 valence electrons. The monoisotopic (exact) mass is 397 g/mol. The molecule has 0 N–H and O–H groups in total. The Kier molecular flexibility index (Phi) is 21.6. The van der Waals surface area contributed by atoms with Crippen LogP contribution in [0.3, 0.4) is 0 Å². The molecule has 0 saturated carbocycles. The Hall–Kier alpha value is -0.0800. The highest BCUT2D eigenvalue weighted by molar-refractivity contribution is 4.62. The molecule has 0 amide bonds. The lowest BCUT2D eigenvalue weighted by molar-refractivity contribution is 0.0325. The lowest BCUT2D eigenvalue weighted by Crippen LogP contribution is -2.28. The van der Waals surface area contributed by atoms with E-state index in [2.05, 4.69) is 39.6 Å². The van der Waals surface area contributed by atoms with E-state index in [1.165, 1.54) is 109 Å². The van der Waals surface area contributed by atoms with Crippen LogP contribution in [-0.4, -0.2) is 37.2 Å². The molecule has 0 saturated heterocycles. The molecule has 0 atom stereocenters. The summed E-state index contributed by atoms with van der Waals surface area (Å²) in [5.41, 5.74) is 0. The van der Waals surface area contributed by atoms with Gasteiger partial charge in [0.1, 0.15) is 0 Å². The Morgan fingerprint density at radius 1 is 0.607 bits per heavy atom. The quantitative estimate of drug-likeness (QED) is 0.170. The third kappa shape index (κ3) is 19.2. The molecular formula is C26H55NO. The number of rotatable bonds is 22. The molecule has 0 fully saturated rings. The summed E-state index contributed by atoms with van der Waals surface area (Å²) < 4.78 is 6.34. The molecule has 0 aromatic heterocycles. The van der Waals surface area contributed by atoms with Crippen LogP contribution in [0.2, 0.25) is 0 Å². The highest BCUT2D eigenvalue weighted by Gasteiger charge is 2.10. The Labute approximate surface area is 179 Å². The SMILES string of the molecule is CCCCCCCCCC(CCCCCCCCC)OCCCN(C)C(C)C. The van der Waals surface area contributed by atoms with Crippen molar-refractivity contribution in [3.63, 3.8) is 0 Å². The normalized spacial score (nSPS) is 12.0. The van der Waals surface area contributed by atoms with Crippen LogP contribution in [0, 0.1) is 0 Å². The predicted octanol–water partition coefficient (Wildman–Crippen LogP) is 8.38. The van der Waals surface area contributed by atoms with Crippen molar-refractivity contribution in [1.29, 1.82) is 0 Å². The summed E-state index contributed by atoms with van der Waals surface area (Å²) in [5, 5.41) is 0. The molecule has 0 aliphatic rings. The second kappa shape index (κ2) is 21.6. The van der Waals surface area contributed by atoms with Gasteiger partial charge in [0.25, 0.3) is 0 Å². The first kappa shape index (κ1) is 27.9. The zero-order chi connectivity index (χ0) is 20.9. The molecule has 0 unspecified atom stereocenters. The van der Waals surface area contributed by atoms with Crippen LogP contribution < -0.4 is 0 Å². The molecule has 0 aromatic carbocycles. The van der Waals surface area contributed by atoms with E-state index in [0.29, 0.717) is 12.1 Å². The summed E-state index contributed by atoms with van der Waals surface area (Å²) in [5.74, 6) is 0. The average molecular weight is 398 g/mol.